The second-order valence-electron chi connectivity index (χ2n) is 10.2. The number of hydrogen-bond acceptors (Lipinski definition) is 1. The fourth-order valence-corrected chi connectivity index (χ4v) is 4.71. The van der Waals surface area contributed by atoms with Crippen molar-refractivity contribution in [3.8, 4) is 0 Å². The van der Waals surface area contributed by atoms with Crippen molar-refractivity contribution in [1.29, 1.82) is 0 Å². The first-order valence-corrected chi connectivity index (χ1v) is 12.6. The Morgan fingerprint density at radius 2 is 0.778 bits per heavy atom. The number of unbranched alkanes of at least 4 members (excludes halogenated alkanes) is 11. The summed E-state index contributed by atoms with van der Waals surface area (Å²) in [5.41, 5.74) is 0.649. The van der Waals surface area contributed by atoms with Gasteiger partial charge in [0.05, 0.1) is 0 Å². The van der Waals surface area contributed by atoms with Gasteiger partial charge < -0.3 is 0 Å². The molecule has 0 heterocycles. The van der Waals surface area contributed by atoms with Gasteiger partial charge in [0.25, 0.3) is 0 Å². The molecular weight excluding hydrogens is 326 g/mol. The molecule has 164 valence electrons. The molecule has 1 nitrogen and oxygen atoms in total. The Labute approximate surface area is 174 Å². The highest BCUT2D eigenvalue weighted by molar-refractivity contribution is 4.92. The summed E-state index contributed by atoms with van der Waals surface area (Å²) in [7, 11) is 0. The molecule has 0 bridgehead atoms. The van der Waals surface area contributed by atoms with Crippen molar-refractivity contribution in [3.05, 3.63) is 0 Å². The van der Waals surface area contributed by atoms with E-state index >= 15 is 0 Å². The van der Waals surface area contributed by atoms with Crippen LogP contribution in [0.3, 0.4) is 0 Å². The van der Waals surface area contributed by atoms with E-state index in [1.165, 1.54) is 109 Å². The van der Waals surface area contributed by atoms with Crippen molar-refractivity contribution in [3.63, 3.8) is 0 Å². The zero-order valence-electron chi connectivity index (χ0n) is 20.5. The predicted molar refractivity (Wildman–Crippen MR) is 126 cm³/mol. The van der Waals surface area contributed by atoms with Gasteiger partial charge in [-0.25, -0.2) is 0 Å². The zero-order chi connectivity index (χ0) is 20.6. The van der Waals surface area contributed by atoms with Crippen LogP contribution in [0.25, 0.3) is 0 Å². The first kappa shape index (κ1) is 27.0. The molecule has 0 aliphatic rings. The Kier molecular flexibility index (Phi) is 15.8. The van der Waals surface area contributed by atoms with E-state index < -0.39 is 0 Å². The third-order valence-corrected chi connectivity index (χ3v) is 6.48. The Morgan fingerprint density at radius 1 is 0.444 bits per heavy atom. The maximum atomic E-state index is 2.90. The van der Waals surface area contributed by atoms with Gasteiger partial charge in [-0.15, -0.1) is 0 Å². The fraction of sp³-hybridized carbons (Fsp3) is 1.00. The number of nitrogens with zero attached hydrogens (tertiary/aromatic N) is 1. The Bertz CT molecular complexity index is 292. The number of hydrogen-bond donors (Lipinski definition) is 0. The lowest BCUT2D eigenvalue weighted by molar-refractivity contribution is 0.00154. The topological polar surface area (TPSA) is 3.24 Å². The summed E-state index contributed by atoms with van der Waals surface area (Å²) in [6, 6.07) is 0. The van der Waals surface area contributed by atoms with Crippen LogP contribution in [0.5, 0.6) is 0 Å². The molecule has 0 atom stereocenters. The van der Waals surface area contributed by atoms with Gasteiger partial charge in [0.1, 0.15) is 0 Å². The smallest absolute Gasteiger partial charge is 0.0158 e. The quantitative estimate of drug-likeness (QED) is 0.202. The molecule has 0 saturated heterocycles. The van der Waals surface area contributed by atoms with Gasteiger partial charge in [0.2, 0.25) is 0 Å². The molecule has 0 unspecified atom stereocenters. The van der Waals surface area contributed by atoms with Crippen LogP contribution in [0.2, 0.25) is 0 Å². The van der Waals surface area contributed by atoms with E-state index in [0.29, 0.717) is 11.1 Å². The molecular formula is C26H55N. The van der Waals surface area contributed by atoms with E-state index in [0.717, 1.165) is 0 Å². The summed E-state index contributed by atoms with van der Waals surface area (Å²) in [6.45, 7) is 18.3. The molecule has 0 rings (SSSR count). The summed E-state index contributed by atoms with van der Waals surface area (Å²) in [6.07, 6.45) is 22.2. The average molecular weight is 382 g/mol. The van der Waals surface area contributed by atoms with Crippen LogP contribution in [0.4, 0.5) is 0 Å². The largest absolute Gasteiger partial charge is 0.293 e. The molecule has 0 aromatic heterocycles. The van der Waals surface area contributed by atoms with E-state index in [-0.39, 0.29) is 0 Å². The lowest BCUT2D eigenvalue weighted by Gasteiger charge is -2.49. The van der Waals surface area contributed by atoms with Crippen LogP contribution in [-0.2, 0) is 0 Å². The molecule has 1 heteroatoms. The average Bonchev–Trinajstić information content (AvgIpc) is 2.60. The van der Waals surface area contributed by atoms with Gasteiger partial charge in [-0.1, -0.05) is 104 Å². The molecule has 0 saturated carbocycles. The highest BCUT2D eigenvalue weighted by Gasteiger charge is 2.36. The molecule has 0 aromatic carbocycles. The molecule has 0 aliphatic carbocycles. The molecule has 0 fully saturated rings. The highest BCUT2D eigenvalue weighted by atomic mass is 15.2. The van der Waals surface area contributed by atoms with E-state index in [1.807, 2.05) is 0 Å². The Balaban J connectivity index is 4.73. The summed E-state index contributed by atoms with van der Waals surface area (Å²) >= 11 is 0. The predicted octanol–water partition coefficient (Wildman–Crippen LogP) is 9.15. The Hall–Kier alpha value is -0.0400. The molecule has 0 aromatic rings. The lowest BCUT2D eigenvalue weighted by atomic mass is 9.85. The summed E-state index contributed by atoms with van der Waals surface area (Å²) in [5, 5.41) is 0. The second-order valence-corrected chi connectivity index (χ2v) is 10.2. The fourth-order valence-electron chi connectivity index (χ4n) is 4.71. The molecule has 0 spiro atoms. The van der Waals surface area contributed by atoms with Crippen molar-refractivity contribution in [2.75, 3.05) is 6.54 Å². The van der Waals surface area contributed by atoms with Crippen LogP contribution in [-0.4, -0.2) is 22.5 Å². The van der Waals surface area contributed by atoms with Crippen LogP contribution >= 0.6 is 0 Å². The number of rotatable bonds is 19. The molecule has 0 aliphatic heterocycles. The lowest BCUT2D eigenvalue weighted by Crippen LogP contribution is -2.55. The first-order valence-electron chi connectivity index (χ1n) is 12.6. The SMILES string of the molecule is CCCCCCCC(C)(C)N(CCCCCC)C(C)(C)CCCCCCC. The molecule has 0 amide bonds. The van der Waals surface area contributed by atoms with Crippen molar-refractivity contribution in [1.82, 2.24) is 4.90 Å². The van der Waals surface area contributed by atoms with Crippen molar-refractivity contribution in [2.45, 2.75) is 162 Å². The van der Waals surface area contributed by atoms with Gasteiger partial charge in [-0.3, -0.25) is 4.90 Å². The second kappa shape index (κ2) is 15.8. The monoisotopic (exact) mass is 381 g/mol. The van der Waals surface area contributed by atoms with Crippen molar-refractivity contribution in [2.24, 2.45) is 0 Å². The van der Waals surface area contributed by atoms with Crippen molar-refractivity contribution < 1.29 is 0 Å². The van der Waals surface area contributed by atoms with Gasteiger partial charge in [-0.2, -0.15) is 0 Å². The standard InChI is InChI=1S/C26H55N/c1-8-11-14-17-19-22-25(4,5)27(24-21-16-13-10-3)26(6,7)23-20-18-15-12-9-2/h8-24H2,1-7H3. The minimum absolute atomic E-state index is 0.325. The third-order valence-electron chi connectivity index (χ3n) is 6.48. The van der Waals surface area contributed by atoms with E-state index in [4.69, 9.17) is 0 Å². The maximum absolute atomic E-state index is 2.90. The third kappa shape index (κ3) is 12.9. The van der Waals surface area contributed by atoms with E-state index in [2.05, 4.69) is 53.4 Å². The molecule has 27 heavy (non-hydrogen) atoms. The highest BCUT2D eigenvalue weighted by Crippen LogP contribution is 2.33. The minimum atomic E-state index is 0.325. The van der Waals surface area contributed by atoms with Crippen molar-refractivity contribution >= 4 is 0 Å². The summed E-state index contributed by atoms with van der Waals surface area (Å²) < 4.78 is 0. The van der Waals surface area contributed by atoms with Gasteiger partial charge >= 0.3 is 0 Å². The van der Waals surface area contributed by atoms with Crippen LogP contribution < -0.4 is 0 Å². The first-order chi connectivity index (χ1) is 12.8. The van der Waals surface area contributed by atoms with Crippen LogP contribution in [0.1, 0.15) is 151 Å². The van der Waals surface area contributed by atoms with Gasteiger partial charge in [-0.05, 0) is 53.5 Å². The maximum Gasteiger partial charge on any atom is 0.0158 e. The molecule has 0 N–H and O–H groups in total. The van der Waals surface area contributed by atoms with E-state index in [1.54, 1.807) is 0 Å². The van der Waals surface area contributed by atoms with Crippen LogP contribution in [0, 0.1) is 0 Å². The Morgan fingerprint density at radius 3 is 1.15 bits per heavy atom. The van der Waals surface area contributed by atoms with Crippen LogP contribution in [0.15, 0.2) is 0 Å². The van der Waals surface area contributed by atoms with E-state index in [9.17, 15) is 0 Å². The zero-order valence-corrected chi connectivity index (χ0v) is 20.5. The summed E-state index contributed by atoms with van der Waals surface area (Å²) in [4.78, 5) is 2.90. The summed E-state index contributed by atoms with van der Waals surface area (Å²) in [5.74, 6) is 0. The normalized spacial score (nSPS) is 12.9. The van der Waals surface area contributed by atoms with Gasteiger partial charge in [0.15, 0.2) is 0 Å². The van der Waals surface area contributed by atoms with Gasteiger partial charge in [0, 0.05) is 11.1 Å². The molecule has 0 radical (unpaired) electrons. The minimum Gasteiger partial charge on any atom is -0.293 e.